The summed E-state index contributed by atoms with van der Waals surface area (Å²) >= 11 is 0. The third-order valence-electron chi connectivity index (χ3n) is 7.09. The van der Waals surface area contributed by atoms with Gasteiger partial charge in [0.1, 0.15) is 17.9 Å². The molecule has 0 spiro atoms. The van der Waals surface area contributed by atoms with E-state index in [0.29, 0.717) is 25.3 Å². The van der Waals surface area contributed by atoms with Crippen LogP contribution in [-0.4, -0.2) is 40.6 Å². The van der Waals surface area contributed by atoms with Crippen LogP contribution in [0.1, 0.15) is 60.9 Å². The van der Waals surface area contributed by atoms with Gasteiger partial charge in [0.25, 0.3) is 0 Å². The molecule has 1 atom stereocenters. The van der Waals surface area contributed by atoms with Crippen LogP contribution < -0.4 is 4.74 Å². The van der Waals surface area contributed by atoms with Gasteiger partial charge in [0, 0.05) is 25.8 Å². The van der Waals surface area contributed by atoms with E-state index in [1.54, 1.807) is 0 Å². The lowest BCUT2D eigenvalue weighted by Crippen LogP contribution is -2.37. The first kappa shape index (κ1) is 26.5. The predicted octanol–water partition coefficient (Wildman–Crippen LogP) is 5.83. The fourth-order valence-electron chi connectivity index (χ4n) is 5.05. The molecule has 0 unspecified atom stereocenters. The second-order valence-corrected chi connectivity index (χ2v) is 10.7. The van der Waals surface area contributed by atoms with Gasteiger partial charge >= 0.3 is 5.97 Å². The maximum absolute atomic E-state index is 12.9. The molecule has 1 amide bonds. The number of aryl methyl sites for hydroxylation is 1. The molecule has 1 N–H and O–H groups in total. The van der Waals surface area contributed by atoms with Crippen LogP contribution in [0.25, 0.3) is 0 Å². The van der Waals surface area contributed by atoms with E-state index in [1.165, 1.54) is 16.0 Å². The first-order valence-electron chi connectivity index (χ1n) is 13.1. The number of benzene rings is 3. The lowest BCUT2D eigenvalue weighted by Gasteiger charge is -2.24. The minimum absolute atomic E-state index is 0.134. The van der Waals surface area contributed by atoms with Crippen LogP contribution in [0.3, 0.4) is 0 Å². The molecule has 194 valence electrons. The normalized spacial score (nSPS) is 16.3. The predicted molar refractivity (Wildman–Crippen MR) is 146 cm³/mol. The standard InChI is InChI=1S/C32H37NO4/c1-23(2)27-13-9-26(10-14-27)20-32(3)21-28-19-25(11-15-29(28)37-32)12-16-30(34)33(22-31(35)36)18-17-24-7-5-4-6-8-24/h4-11,13-15,19,23H,12,16-18,20-22H2,1-3H3,(H,35,36)/t32-/m0/s1. The topological polar surface area (TPSA) is 66.8 Å². The molecular formula is C32H37NO4. The van der Waals surface area contributed by atoms with Crippen molar-refractivity contribution in [3.8, 4) is 5.75 Å². The average Bonchev–Trinajstić information content (AvgIpc) is 3.20. The van der Waals surface area contributed by atoms with Gasteiger partial charge in [0.15, 0.2) is 0 Å². The second kappa shape index (κ2) is 11.6. The zero-order valence-electron chi connectivity index (χ0n) is 22.1. The summed E-state index contributed by atoms with van der Waals surface area (Å²) in [5.74, 6) is 0.299. The van der Waals surface area contributed by atoms with Crippen LogP contribution in [-0.2, 0) is 35.3 Å². The fraction of sp³-hybridized carbons (Fsp3) is 0.375. The number of nitrogens with zero attached hydrogens (tertiary/aromatic N) is 1. The average molecular weight is 500 g/mol. The third kappa shape index (κ3) is 7.22. The van der Waals surface area contributed by atoms with Crippen LogP contribution in [0.5, 0.6) is 5.75 Å². The molecule has 3 aromatic carbocycles. The molecule has 5 nitrogen and oxygen atoms in total. The Kier molecular flexibility index (Phi) is 8.32. The maximum Gasteiger partial charge on any atom is 0.323 e. The number of carbonyl (C=O) groups excluding carboxylic acids is 1. The molecule has 0 saturated heterocycles. The Balaban J connectivity index is 1.34. The lowest BCUT2D eigenvalue weighted by atomic mass is 9.90. The van der Waals surface area contributed by atoms with E-state index in [0.717, 1.165) is 35.3 Å². The minimum atomic E-state index is -0.991. The Labute approximate surface area is 220 Å². The molecule has 0 aromatic heterocycles. The largest absolute Gasteiger partial charge is 0.487 e. The Bertz CT molecular complexity index is 1220. The van der Waals surface area contributed by atoms with Gasteiger partial charge in [0.2, 0.25) is 5.91 Å². The van der Waals surface area contributed by atoms with E-state index in [9.17, 15) is 14.7 Å². The number of carboxylic acids is 1. The van der Waals surface area contributed by atoms with Gasteiger partial charge in [-0.05, 0) is 59.6 Å². The summed E-state index contributed by atoms with van der Waals surface area (Å²) in [6.07, 6.45) is 3.13. The van der Waals surface area contributed by atoms with Crippen molar-refractivity contribution in [1.29, 1.82) is 0 Å². The number of amides is 1. The van der Waals surface area contributed by atoms with Crippen LogP contribution >= 0.6 is 0 Å². The van der Waals surface area contributed by atoms with E-state index in [4.69, 9.17) is 4.74 Å². The molecule has 1 aliphatic heterocycles. The smallest absolute Gasteiger partial charge is 0.323 e. The van der Waals surface area contributed by atoms with Crippen molar-refractivity contribution in [1.82, 2.24) is 4.90 Å². The van der Waals surface area contributed by atoms with Gasteiger partial charge in [-0.15, -0.1) is 0 Å². The van der Waals surface area contributed by atoms with E-state index >= 15 is 0 Å². The highest BCUT2D eigenvalue weighted by Crippen LogP contribution is 2.37. The SMILES string of the molecule is CC(C)c1ccc(C[C@@]2(C)Cc3cc(CCC(=O)N(CCc4ccccc4)CC(=O)O)ccc3O2)cc1. The highest BCUT2D eigenvalue weighted by atomic mass is 16.5. The van der Waals surface area contributed by atoms with E-state index in [2.05, 4.69) is 51.1 Å². The number of aliphatic carboxylic acids is 1. The lowest BCUT2D eigenvalue weighted by molar-refractivity contribution is -0.144. The molecule has 0 aliphatic carbocycles. The third-order valence-corrected chi connectivity index (χ3v) is 7.09. The molecule has 37 heavy (non-hydrogen) atoms. The van der Waals surface area contributed by atoms with E-state index < -0.39 is 5.97 Å². The number of ether oxygens (including phenoxy) is 1. The summed E-state index contributed by atoms with van der Waals surface area (Å²) in [6, 6.07) is 24.8. The van der Waals surface area contributed by atoms with Crippen LogP contribution in [0, 0.1) is 0 Å². The van der Waals surface area contributed by atoms with Crippen molar-refractivity contribution in [2.24, 2.45) is 0 Å². The molecule has 5 heteroatoms. The maximum atomic E-state index is 12.9. The molecule has 1 heterocycles. The van der Waals surface area contributed by atoms with Crippen molar-refractivity contribution < 1.29 is 19.4 Å². The van der Waals surface area contributed by atoms with Crippen molar-refractivity contribution in [3.05, 3.63) is 101 Å². The van der Waals surface area contributed by atoms with Crippen LogP contribution in [0.4, 0.5) is 0 Å². The first-order valence-corrected chi connectivity index (χ1v) is 13.1. The minimum Gasteiger partial charge on any atom is -0.487 e. The Morgan fingerprint density at radius 2 is 1.65 bits per heavy atom. The summed E-state index contributed by atoms with van der Waals surface area (Å²) in [4.78, 5) is 25.7. The van der Waals surface area contributed by atoms with E-state index in [1.807, 2.05) is 42.5 Å². The van der Waals surface area contributed by atoms with Crippen molar-refractivity contribution in [2.45, 2.75) is 64.4 Å². The number of carbonyl (C=O) groups is 2. The summed E-state index contributed by atoms with van der Waals surface area (Å²) in [5.41, 5.74) is 5.62. The quantitative estimate of drug-likeness (QED) is 0.360. The molecule has 0 fully saturated rings. The summed E-state index contributed by atoms with van der Waals surface area (Å²) < 4.78 is 6.37. The highest BCUT2D eigenvalue weighted by Gasteiger charge is 2.35. The zero-order valence-corrected chi connectivity index (χ0v) is 22.1. The summed E-state index contributed by atoms with van der Waals surface area (Å²) in [7, 11) is 0. The summed E-state index contributed by atoms with van der Waals surface area (Å²) in [5, 5.41) is 9.31. The van der Waals surface area contributed by atoms with Gasteiger partial charge in [-0.2, -0.15) is 0 Å². The van der Waals surface area contributed by atoms with Gasteiger partial charge in [-0.1, -0.05) is 80.6 Å². The number of hydrogen-bond acceptors (Lipinski definition) is 3. The molecule has 0 bridgehead atoms. The van der Waals surface area contributed by atoms with Gasteiger partial charge in [-0.25, -0.2) is 0 Å². The molecule has 4 rings (SSSR count). The van der Waals surface area contributed by atoms with Crippen molar-refractivity contribution >= 4 is 11.9 Å². The molecule has 1 aliphatic rings. The van der Waals surface area contributed by atoms with Gasteiger partial charge < -0.3 is 14.7 Å². The molecule has 0 saturated carbocycles. The van der Waals surface area contributed by atoms with Gasteiger partial charge in [-0.3, -0.25) is 9.59 Å². The van der Waals surface area contributed by atoms with Gasteiger partial charge in [0.05, 0.1) is 0 Å². The molecular weight excluding hydrogens is 462 g/mol. The number of fused-ring (bicyclic) bond motifs is 1. The Morgan fingerprint density at radius 3 is 2.32 bits per heavy atom. The van der Waals surface area contributed by atoms with Crippen LogP contribution in [0.15, 0.2) is 72.8 Å². The highest BCUT2D eigenvalue weighted by molar-refractivity contribution is 5.81. The second-order valence-electron chi connectivity index (χ2n) is 10.7. The first-order chi connectivity index (χ1) is 17.7. The zero-order chi connectivity index (χ0) is 26.4. The molecule has 0 radical (unpaired) electrons. The fourth-order valence-corrected chi connectivity index (χ4v) is 5.05. The number of rotatable bonds is 11. The monoisotopic (exact) mass is 499 g/mol. The Morgan fingerprint density at radius 1 is 0.946 bits per heavy atom. The van der Waals surface area contributed by atoms with E-state index in [-0.39, 0.29) is 24.5 Å². The Hall–Kier alpha value is -3.60. The summed E-state index contributed by atoms with van der Waals surface area (Å²) in [6.45, 7) is 6.67. The van der Waals surface area contributed by atoms with Crippen molar-refractivity contribution in [2.75, 3.05) is 13.1 Å². The number of hydrogen-bond donors (Lipinski definition) is 1. The van der Waals surface area contributed by atoms with Crippen molar-refractivity contribution in [3.63, 3.8) is 0 Å². The van der Waals surface area contributed by atoms with Crippen LogP contribution in [0.2, 0.25) is 0 Å². The number of carboxylic acid groups (broad SMARTS) is 1. The molecule has 3 aromatic rings.